The summed E-state index contributed by atoms with van der Waals surface area (Å²) in [5, 5.41) is 0. The number of halogens is 2. The third-order valence-corrected chi connectivity index (χ3v) is 4.37. The molecule has 0 aromatic heterocycles. The fourth-order valence-electron chi connectivity index (χ4n) is 1.50. The Kier molecular flexibility index (Phi) is 6.84. The lowest BCUT2D eigenvalue weighted by molar-refractivity contribution is 0.0320. The molecule has 8 heteroatoms. The highest BCUT2D eigenvalue weighted by molar-refractivity contribution is 7.89. The van der Waals surface area contributed by atoms with Gasteiger partial charge in [-0.1, -0.05) is 0 Å². The Bertz CT molecular complexity index is 538. The normalized spacial score (nSPS) is 13.4. The monoisotopic (exact) mass is 325 g/mol. The average Bonchev–Trinajstić information content (AvgIpc) is 2.43. The van der Waals surface area contributed by atoms with E-state index in [1.54, 1.807) is 0 Å². The van der Waals surface area contributed by atoms with Crippen LogP contribution in [0.3, 0.4) is 0 Å². The van der Waals surface area contributed by atoms with Gasteiger partial charge in [0.05, 0.1) is 23.5 Å². The van der Waals surface area contributed by atoms with Crippen LogP contribution in [0.15, 0.2) is 23.1 Å². The Morgan fingerprint density at radius 3 is 2.65 bits per heavy atom. The fraction of sp³-hybridized carbons (Fsp3) is 0.500. The lowest BCUT2D eigenvalue weighted by Gasteiger charge is -2.15. The maximum Gasteiger partial charge on any atom is 0.240 e. The van der Waals surface area contributed by atoms with Crippen molar-refractivity contribution in [1.82, 2.24) is 4.72 Å². The first kappa shape index (κ1) is 17.3. The molecular weight excluding hydrogens is 309 g/mol. The van der Waals surface area contributed by atoms with Gasteiger partial charge in [0.1, 0.15) is 5.82 Å². The smallest absolute Gasteiger partial charge is 0.240 e. The van der Waals surface area contributed by atoms with E-state index in [9.17, 15) is 12.8 Å². The number of hydrogen-bond donors (Lipinski definition) is 1. The van der Waals surface area contributed by atoms with Gasteiger partial charge in [0.2, 0.25) is 10.0 Å². The molecular formula is C12H17ClFNO4S. The van der Waals surface area contributed by atoms with Gasteiger partial charge in [-0.05, 0) is 18.2 Å². The molecule has 114 valence electrons. The van der Waals surface area contributed by atoms with Crippen molar-refractivity contribution in [3.8, 4) is 0 Å². The summed E-state index contributed by atoms with van der Waals surface area (Å²) < 4.78 is 49.7. The van der Waals surface area contributed by atoms with Crippen LogP contribution in [0.2, 0.25) is 0 Å². The summed E-state index contributed by atoms with van der Waals surface area (Å²) >= 11 is 5.55. The van der Waals surface area contributed by atoms with Crippen LogP contribution in [-0.4, -0.2) is 41.9 Å². The molecule has 5 nitrogen and oxygen atoms in total. The summed E-state index contributed by atoms with van der Waals surface area (Å²) in [4.78, 5) is -0.0400. The Labute approximate surface area is 123 Å². The molecule has 20 heavy (non-hydrogen) atoms. The van der Waals surface area contributed by atoms with Gasteiger partial charge < -0.3 is 9.47 Å². The molecule has 1 aromatic rings. The second-order valence-corrected chi connectivity index (χ2v) is 6.09. The minimum atomic E-state index is -3.74. The van der Waals surface area contributed by atoms with E-state index < -0.39 is 21.9 Å². The Morgan fingerprint density at radius 1 is 1.40 bits per heavy atom. The van der Waals surface area contributed by atoms with E-state index in [1.165, 1.54) is 26.4 Å². The molecule has 1 aromatic carbocycles. The minimum absolute atomic E-state index is 0.0400. The number of sulfonamides is 1. The van der Waals surface area contributed by atoms with Crippen molar-refractivity contribution in [2.24, 2.45) is 0 Å². The Balaban J connectivity index is 2.83. The molecule has 0 bridgehead atoms. The van der Waals surface area contributed by atoms with Crippen molar-refractivity contribution in [3.05, 3.63) is 29.6 Å². The molecule has 1 N–H and O–H groups in total. The molecule has 1 atom stereocenters. The van der Waals surface area contributed by atoms with Crippen LogP contribution in [0.4, 0.5) is 4.39 Å². The van der Waals surface area contributed by atoms with Gasteiger partial charge >= 0.3 is 0 Å². The molecule has 0 radical (unpaired) electrons. The summed E-state index contributed by atoms with van der Waals surface area (Å²) in [6.07, 6.45) is -0.400. The summed E-state index contributed by atoms with van der Waals surface area (Å²) in [6, 6.07) is 3.48. The predicted molar refractivity (Wildman–Crippen MR) is 73.8 cm³/mol. The molecule has 0 aliphatic rings. The molecule has 1 rings (SSSR count). The van der Waals surface area contributed by atoms with Gasteiger partial charge in [0.25, 0.3) is 0 Å². The van der Waals surface area contributed by atoms with Gasteiger partial charge in [0.15, 0.2) is 0 Å². The van der Waals surface area contributed by atoms with Crippen LogP contribution in [-0.2, 0) is 25.4 Å². The summed E-state index contributed by atoms with van der Waals surface area (Å²) in [5.41, 5.74) is 0.134. The summed E-state index contributed by atoms with van der Waals surface area (Å²) in [5.74, 6) is -0.632. The molecule has 0 amide bonds. The number of methoxy groups -OCH3 is 2. The maximum absolute atomic E-state index is 13.3. The van der Waals surface area contributed by atoms with Crippen molar-refractivity contribution in [3.63, 3.8) is 0 Å². The minimum Gasteiger partial charge on any atom is -0.382 e. The van der Waals surface area contributed by atoms with E-state index in [4.69, 9.17) is 21.1 Å². The van der Waals surface area contributed by atoms with Gasteiger partial charge in [-0.25, -0.2) is 17.5 Å². The SMILES string of the molecule is COCC(CNS(=O)(=O)c1ccc(F)c(CCl)c1)OC. The van der Waals surface area contributed by atoms with E-state index in [-0.39, 0.29) is 29.5 Å². The van der Waals surface area contributed by atoms with Gasteiger partial charge in [-0.3, -0.25) is 0 Å². The first-order valence-electron chi connectivity index (χ1n) is 5.80. The zero-order chi connectivity index (χ0) is 15.2. The molecule has 0 aliphatic heterocycles. The van der Waals surface area contributed by atoms with Gasteiger partial charge in [-0.15, -0.1) is 11.6 Å². The van der Waals surface area contributed by atoms with Crippen LogP contribution in [0.25, 0.3) is 0 Å². The number of alkyl halides is 1. The van der Waals surface area contributed by atoms with Crippen LogP contribution in [0.5, 0.6) is 0 Å². The highest BCUT2D eigenvalue weighted by atomic mass is 35.5. The third-order valence-electron chi connectivity index (χ3n) is 2.66. The van der Waals surface area contributed by atoms with E-state index in [2.05, 4.69) is 4.72 Å². The zero-order valence-electron chi connectivity index (χ0n) is 11.2. The molecule has 0 heterocycles. The van der Waals surface area contributed by atoms with Crippen molar-refractivity contribution in [1.29, 1.82) is 0 Å². The number of rotatable bonds is 8. The van der Waals surface area contributed by atoms with Gasteiger partial charge in [-0.2, -0.15) is 0 Å². The third kappa shape index (κ3) is 4.68. The second kappa shape index (κ2) is 7.90. The highest BCUT2D eigenvalue weighted by Crippen LogP contribution is 2.16. The van der Waals surface area contributed by atoms with Crippen LogP contribution >= 0.6 is 11.6 Å². The number of hydrogen-bond acceptors (Lipinski definition) is 4. The lowest BCUT2D eigenvalue weighted by atomic mass is 10.2. The van der Waals surface area contributed by atoms with E-state index in [0.717, 1.165) is 6.07 Å². The molecule has 0 fully saturated rings. The number of benzene rings is 1. The molecule has 0 aliphatic carbocycles. The maximum atomic E-state index is 13.3. The summed E-state index contributed by atoms with van der Waals surface area (Å²) in [7, 11) is -0.791. The molecule has 0 spiro atoms. The molecule has 0 saturated heterocycles. The standard InChI is InChI=1S/C12H17ClFNO4S/c1-18-8-10(19-2)7-15-20(16,17)11-3-4-12(14)9(5-11)6-13/h3-5,10,15H,6-8H2,1-2H3. The van der Waals surface area contributed by atoms with Crippen molar-refractivity contribution in [2.45, 2.75) is 16.9 Å². The van der Waals surface area contributed by atoms with Crippen molar-refractivity contribution in [2.75, 3.05) is 27.4 Å². The zero-order valence-corrected chi connectivity index (χ0v) is 12.8. The average molecular weight is 326 g/mol. The lowest BCUT2D eigenvalue weighted by Crippen LogP contribution is -2.35. The van der Waals surface area contributed by atoms with E-state index in [0.29, 0.717) is 0 Å². The first-order valence-corrected chi connectivity index (χ1v) is 7.82. The number of nitrogens with one attached hydrogen (secondary N) is 1. The van der Waals surface area contributed by atoms with Crippen molar-refractivity contribution >= 4 is 21.6 Å². The topological polar surface area (TPSA) is 64.6 Å². The van der Waals surface area contributed by atoms with Crippen molar-refractivity contribution < 1.29 is 22.3 Å². The predicted octanol–water partition coefficient (Wildman–Crippen LogP) is 1.50. The van der Waals surface area contributed by atoms with Crippen LogP contribution in [0.1, 0.15) is 5.56 Å². The quantitative estimate of drug-likeness (QED) is 0.736. The second-order valence-electron chi connectivity index (χ2n) is 4.05. The first-order chi connectivity index (χ1) is 9.44. The highest BCUT2D eigenvalue weighted by Gasteiger charge is 2.18. The van der Waals surface area contributed by atoms with E-state index >= 15 is 0 Å². The number of ether oxygens (including phenoxy) is 2. The molecule has 0 saturated carbocycles. The molecule has 1 unspecified atom stereocenters. The Hall–Kier alpha value is -0.730. The van der Waals surface area contributed by atoms with Gasteiger partial charge in [0, 0.05) is 26.3 Å². The van der Waals surface area contributed by atoms with Crippen LogP contribution < -0.4 is 4.72 Å². The summed E-state index contributed by atoms with van der Waals surface area (Å²) in [6.45, 7) is 0.315. The van der Waals surface area contributed by atoms with Crippen LogP contribution in [0, 0.1) is 5.82 Å². The van der Waals surface area contributed by atoms with E-state index in [1.807, 2.05) is 0 Å². The Morgan fingerprint density at radius 2 is 2.10 bits per heavy atom. The fourth-order valence-corrected chi connectivity index (χ4v) is 2.82. The largest absolute Gasteiger partial charge is 0.382 e.